The Labute approximate surface area is 160 Å². The number of nitrogens with zero attached hydrogens (tertiary/aromatic N) is 3. The first-order chi connectivity index (χ1) is 13.1. The third kappa shape index (κ3) is 5.62. The molecule has 3 aromatic rings. The normalized spacial score (nSPS) is 10.7. The van der Waals surface area contributed by atoms with Gasteiger partial charge in [0.15, 0.2) is 0 Å². The molecule has 1 amide bonds. The van der Waals surface area contributed by atoms with Gasteiger partial charge >= 0.3 is 0 Å². The van der Waals surface area contributed by atoms with E-state index in [9.17, 15) is 9.18 Å². The Kier molecular flexibility index (Phi) is 6.54. The number of halogens is 1. The average Bonchev–Trinajstić information content (AvgIpc) is 3.34. The number of hydrogen-bond donors (Lipinski definition) is 0. The molecule has 0 unspecified atom stereocenters. The molecule has 2 heterocycles. The van der Waals surface area contributed by atoms with Crippen LogP contribution in [0.5, 0.6) is 5.75 Å². The van der Waals surface area contributed by atoms with Gasteiger partial charge in [-0.3, -0.25) is 4.79 Å². The smallest absolute Gasteiger partial charge is 0.226 e. The van der Waals surface area contributed by atoms with Gasteiger partial charge in [0, 0.05) is 19.9 Å². The Balaban J connectivity index is 1.35. The number of rotatable bonds is 9. The fraction of sp³-hybridized carbons (Fsp3) is 0.316. The molecule has 6 nitrogen and oxygen atoms in total. The monoisotopic (exact) mass is 389 g/mol. The number of carbonyl (C=O) groups is 1. The van der Waals surface area contributed by atoms with Crippen molar-refractivity contribution in [3.05, 3.63) is 53.5 Å². The lowest BCUT2D eigenvalue weighted by Crippen LogP contribution is -2.30. The zero-order valence-corrected chi connectivity index (χ0v) is 15.7. The molecule has 0 spiro atoms. The zero-order chi connectivity index (χ0) is 19.1. The Morgan fingerprint density at radius 3 is 2.85 bits per heavy atom. The molecule has 0 saturated carbocycles. The molecule has 0 saturated heterocycles. The molecule has 142 valence electrons. The van der Waals surface area contributed by atoms with E-state index in [1.807, 2.05) is 17.5 Å². The minimum atomic E-state index is -0.307. The molecule has 1 aromatic carbocycles. The van der Waals surface area contributed by atoms with Gasteiger partial charge in [-0.2, -0.15) is 4.98 Å². The van der Waals surface area contributed by atoms with Crippen LogP contribution in [0.1, 0.15) is 18.7 Å². The maximum atomic E-state index is 12.8. The van der Waals surface area contributed by atoms with Gasteiger partial charge < -0.3 is 14.2 Å². The molecular weight excluding hydrogens is 369 g/mol. The molecule has 0 atom stereocenters. The first kappa shape index (κ1) is 19.0. The van der Waals surface area contributed by atoms with Crippen LogP contribution in [0.25, 0.3) is 10.7 Å². The van der Waals surface area contributed by atoms with Crippen molar-refractivity contribution in [2.75, 3.05) is 20.2 Å². The Morgan fingerprint density at radius 2 is 2.11 bits per heavy atom. The van der Waals surface area contributed by atoms with Gasteiger partial charge in [0.2, 0.25) is 17.6 Å². The predicted octanol–water partition coefficient (Wildman–Crippen LogP) is 3.80. The summed E-state index contributed by atoms with van der Waals surface area (Å²) in [6.07, 6.45) is 1.59. The lowest BCUT2D eigenvalue weighted by Gasteiger charge is -2.17. The van der Waals surface area contributed by atoms with Crippen molar-refractivity contribution in [3.63, 3.8) is 0 Å². The largest absolute Gasteiger partial charge is 0.492 e. The zero-order valence-electron chi connectivity index (χ0n) is 14.9. The molecule has 0 fully saturated rings. The van der Waals surface area contributed by atoms with Crippen molar-refractivity contribution in [1.29, 1.82) is 0 Å². The van der Waals surface area contributed by atoms with Gasteiger partial charge in [0.25, 0.3) is 0 Å². The predicted molar refractivity (Wildman–Crippen MR) is 100 cm³/mol. The lowest BCUT2D eigenvalue weighted by molar-refractivity contribution is -0.130. The van der Waals surface area contributed by atoms with Crippen molar-refractivity contribution in [2.24, 2.45) is 0 Å². The van der Waals surface area contributed by atoms with E-state index in [-0.39, 0.29) is 11.7 Å². The molecule has 0 aliphatic rings. The van der Waals surface area contributed by atoms with Crippen LogP contribution in [0, 0.1) is 5.82 Å². The Hall–Kier alpha value is -2.74. The highest BCUT2D eigenvalue weighted by molar-refractivity contribution is 7.13. The molecule has 3 rings (SSSR count). The number of benzene rings is 1. The first-order valence-electron chi connectivity index (χ1n) is 8.60. The number of aryl methyl sites for hydroxylation is 1. The summed E-state index contributed by atoms with van der Waals surface area (Å²) in [5.41, 5.74) is 0. The SMILES string of the molecule is CN(CCOc1ccc(F)cc1)C(=O)CCCc1nc(-c2cccs2)no1. The molecule has 0 bridgehead atoms. The third-order valence-corrected chi connectivity index (χ3v) is 4.79. The van der Waals surface area contributed by atoms with E-state index in [4.69, 9.17) is 9.26 Å². The maximum Gasteiger partial charge on any atom is 0.226 e. The van der Waals surface area contributed by atoms with Crippen LogP contribution in [-0.2, 0) is 11.2 Å². The Morgan fingerprint density at radius 1 is 1.30 bits per heavy atom. The van der Waals surface area contributed by atoms with Crippen LogP contribution in [0.2, 0.25) is 0 Å². The van der Waals surface area contributed by atoms with E-state index in [0.717, 1.165) is 4.88 Å². The van der Waals surface area contributed by atoms with Crippen LogP contribution in [0.3, 0.4) is 0 Å². The molecule has 8 heteroatoms. The second-order valence-corrected chi connectivity index (χ2v) is 6.91. The highest BCUT2D eigenvalue weighted by Gasteiger charge is 2.12. The van der Waals surface area contributed by atoms with E-state index in [1.165, 1.54) is 12.1 Å². The summed E-state index contributed by atoms with van der Waals surface area (Å²) >= 11 is 1.55. The van der Waals surface area contributed by atoms with Crippen molar-refractivity contribution >= 4 is 17.2 Å². The molecule has 27 heavy (non-hydrogen) atoms. The Bertz CT molecular complexity index is 849. The van der Waals surface area contributed by atoms with Crippen LogP contribution >= 0.6 is 11.3 Å². The average molecular weight is 389 g/mol. The summed E-state index contributed by atoms with van der Waals surface area (Å²) in [7, 11) is 1.73. The summed E-state index contributed by atoms with van der Waals surface area (Å²) in [5, 5.41) is 5.91. The number of hydrogen-bond acceptors (Lipinski definition) is 6. The quantitative estimate of drug-likeness (QED) is 0.557. The molecular formula is C19H20FN3O3S. The second kappa shape index (κ2) is 9.27. The van der Waals surface area contributed by atoms with Crippen molar-refractivity contribution < 1.29 is 18.4 Å². The fourth-order valence-electron chi connectivity index (χ4n) is 2.40. The summed E-state index contributed by atoms with van der Waals surface area (Å²) < 4.78 is 23.6. The second-order valence-electron chi connectivity index (χ2n) is 5.96. The van der Waals surface area contributed by atoms with Gasteiger partial charge in [-0.25, -0.2) is 4.39 Å². The summed E-state index contributed by atoms with van der Waals surface area (Å²) in [5.74, 6) is 1.42. The molecule has 0 N–H and O–H groups in total. The number of aromatic nitrogens is 2. The summed E-state index contributed by atoms with van der Waals surface area (Å²) in [6.45, 7) is 0.807. The van der Waals surface area contributed by atoms with Crippen molar-refractivity contribution in [3.8, 4) is 16.5 Å². The van der Waals surface area contributed by atoms with Gasteiger partial charge in [-0.1, -0.05) is 11.2 Å². The van der Waals surface area contributed by atoms with Crippen LogP contribution < -0.4 is 4.74 Å². The number of thiophene rings is 1. The summed E-state index contributed by atoms with van der Waals surface area (Å²) in [6, 6.07) is 9.67. The highest BCUT2D eigenvalue weighted by atomic mass is 32.1. The number of ether oxygens (including phenoxy) is 1. The van der Waals surface area contributed by atoms with Gasteiger partial charge in [0.1, 0.15) is 18.2 Å². The first-order valence-corrected chi connectivity index (χ1v) is 9.48. The molecule has 0 aliphatic heterocycles. The van der Waals surface area contributed by atoms with Crippen LogP contribution in [-0.4, -0.2) is 41.1 Å². The summed E-state index contributed by atoms with van der Waals surface area (Å²) in [4.78, 5) is 19.1. The molecule has 0 aliphatic carbocycles. The van der Waals surface area contributed by atoms with Gasteiger partial charge in [-0.05, 0) is 42.1 Å². The van der Waals surface area contributed by atoms with E-state index < -0.39 is 0 Å². The number of likely N-dealkylation sites (N-methyl/N-ethyl adjacent to an activating group) is 1. The van der Waals surface area contributed by atoms with E-state index >= 15 is 0 Å². The molecule has 2 aromatic heterocycles. The maximum absolute atomic E-state index is 12.8. The van der Waals surface area contributed by atoms with Gasteiger partial charge in [0.05, 0.1) is 11.4 Å². The van der Waals surface area contributed by atoms with Crippen molar-refractivity contribution in [2.45, 2.75) is 19.3 Å². The van der Waals surface area contributed by atoms with Crippen molar-refractivity contribution in [1.82, 2.24) is 15.0 Å². The lowest BCUT2D eigenvalue weighted by atomic mass is 10.2. The number of carbonyl (C=O) groups excluding carboxylic acids is 1. The highest BCUT2D eigenvalue weighted by Crippen LogP contribution is 2.21. The van der Waals surface area contributed by atoms with E-state index in [0.29, 0.717) is 49.9 Å². The van der Waals surface area contributed by atoms with Crippen LogP contribution in [0.15, 0.2) is 46.3 Å². The number of amides is 1. The molecule has 0 radical (unpaired) electrons. The minimum absolute atomic E-state index is 0.0238. The third-order valence-electron chi connectivity index (χ3n) is 3.93. The van der Waals surface area contributed by atoms with E-state index in [2.05, 4.69) is 10.1 Å². The standard InChI is InChI=1S/C19H20FN3O3S/c1-23(11-12-25-15-9-7-14(20)8-10-15)18(24)6-2-5-17-21-19(22-26-17)16-4-3-13-27-16/h3-4,7-10,13H,2,5-6,11-12H2,1H3. The van der Waals surface area contributed by atoms with E-state index in [1.54, 1.807) is 35.4 Å². The van der Waals surface area contributed by atoms with Crippen LogP contribution in [0.4, 0.5) is 4.39 Å². The minimum Gasteiger partial charge on any atom is -0.492 e. The van der Waals surface area contributed by atoms with Gasteiger partial charge in [-0.15, -0.1) is 11.3 Å². The topological polar surface area (TPSA) is 68.5 Å². The fourth-order valence-corrected chi connectivity index (χ4v) is 3.05.